The summed E-state index contributed by atoms with van der Waals surface area (Å²) in [4.78, 5) is 27.5. The molecule has 0 bridgehead atoms. The summed E-state index contributed by atoms with van der Waals surface area (Å²) in [5.41, 5.74) is 2.72. The quantitative estimate of drug-likeness (QED) is 0.700. The molecule has 1 heterocycles. The van der Waals surface area contributed by atoms with Gasteiger partial charge in [-0.2, -0.15) is 0 Å². The predicted octanol–water partition coefficient (Wildman–Crippen LogP) is 3.43. The Bertz CT molecular complexity index is 1040. The smallest absolute Gasteiger partial charge is 0.251 e. The first-order valence-electron chi connectivity index (χ1n) is 8.64. The number of aromatic nitrogens is 1. The summed E-state index contributed by atoms with van der Waals surface area (Å²) in [6.45, 7) is 1.94. The third-order valence-electron chi connectivity index (χ3n) is 4.38. The number of carbonyl (C=O) groups is 1. The van der Waals surface area contributed by atoms with Crippen molar-refractivity contribution in [2.24, 2.45) is 0 Å². The molecule has 3 rings (SSSR count). The van der Waals surface area contributed by atoms with Crippen LogP contribution in [-0.4, -0.2) is 25.1 Å². The summed E-state index contributed by atoms with van der Waals surface area (Å²) < 4.78 is 10.4. The first kappa shape index (κ1) is 18.5. The maximum absolute atomic E-state index is 12.3. The van der Waals surface area contributed by atoms with E-state index in [9.17, 15) is 9.59 Å². The maximum Gasteiger partial charge on any atom is 0.251 e. The normalized spacial score (nSPS) is 10.6. The van der Waals surface area contributed by atoms with Crippen molar-refractivity contribution < 1.29 is 14.3 Å². The zero-order valence-electron chi connectivity index (χ0n) is 15.6. The van der Waals surface area contributed by atoms with Gasteiger partial charge < -0.3 is 19.8 Å². The van der Waals surface area contributed by atoms with Gasteiger partial charge in [-0.3, -0.25) is 9.59 Å². The average Bonchev–Trinajstić information content (AvgIpc) is 2.66. The van der Waals surface area contributed by atoms with Gasteiger partial charge in [-0.1, -0.05) is 6.07 Å². The van der Waals surface area contributed by atoms with Crippen LogP contribution in [0.5, 0.6) is 11.5 Å². The lowest BCUT2D eigenvalue weighted by Crippen LogP contribution is -2.17. The lowest BCUT2D eigenvalue weighted by molar-refractivity contribution is -0.116. The number of rotatable bonds is 6. The highest BCUT2D eigenvalue weighted by atomic mass is 16.5. The minimum atomic E-state index is -0.198. The van der Waals surface area contributed by atoms with E-state index in [2.05, 4.69) is 10.3 Å². The molecule has 0 saturated heterocycles. The highest BCUT2D eigenvalue weighted by Gasteiger charge is 2.10. The zero-order valence-corrected chi connectivity index (χ0v) is 15.6. The molecule has 1 amide bonds. The molecule has 2 N–H and O–H groups in total. The number of hydrogen-bond acceptors (Lipinski definition) is 4. The van der Waals surface area contributed by atoms with Crippen LogP contribution in [-0.2, 0) is 11.2 Å². The Morgan fingerprint density at radius 1 is 1.07 bits per heavy atom. The Morgan fingerprint density at radius 3 is 2.63 bits per heavy atom. The number of anilines is 1. The summed E-state index contributed by atoms with van der Waals surface area (Å²) in [5, 5.41) is 3.75. The fourth-order valence-corrected chi connectivity index (χ4v) is 2.92. The van der Waals surface area contributed by atoms with Crippen LogP contribution in [0.15, 0.2) is 47.3 Å². The molecule has 1 aromatic heterocycles. The van der Waals surface area contributed by atoms with Crippen LogP contribution >= 0.6 is 0 Å². The Hall–Kier alpha value is -3.28. The molecule has 0 atom stereocenters. The molecule has 0 unspecified atom stereocenters. The number of methoxy groups -OCH3 is 2. The van der Waals surface area contributed by atoms with E-state index in [1.54, 1.807) is 20.3 Å². The number of ether oxygens (including phenoxy) is 2. The van der Waals surface area contributed by atoms with Gasteiger partial charge in [-0.15, -0.1) is 0 Å². The largest absolute Gasteiger partial charge is 0.497 e. The number of H-pyrrole nitrogens is 1. The number of aryl methyl sites for hydroxylation is 2. The molecular weight excluding hydrogens is 344 g/mol. The summed E-state index contributed by atoms with van der Waals surface area (Å²) in [6.07, 6.45) is 0.541. The zero-order chi connectivity index (χ0) is 19.4. The molecule has 0 fully saturated rings. The van der Waals surface area contributed by atoms with Gasteiger partial charge in [0.2, 0.25) is 5.91 Å². The van der Waals surface area contributed by atoms with Crippen molar-refractivity contribution in [1.82, 2.24) is 4.98 Å². The second kappa shape index (κ2) is 7.95. The first-order valence-corrected chi connectivity index (χ1v) is 8.64. The third-order valence-corrected chi connectivity index (χ3v) is 4.38. The molecule has 3 aromatic rings. The number of hydrogen-bond donors (Lipinski definition) is 2. The van der Waals surface area contributed by atoms with E-state index in [4.69, 9.17) is 9.47 Å². The number of benzene rings is 2. The third kappa shape index (κ3) is 4.28. The average molecular weight is 366 g/mol. The monoisotopic (exact) mass is 366 g/mol. The molecular formula is C21H22N2O4. The van der Waals surface area contributed by atoms with E-state index in [0.29, 0.717) is 34.7 Å². The van der Waals surface area contributed by atoms with Gasteiger partial charge in [0.05, 0.1) is 25.4 Å². The van der Waals surface area contributed by atoms with Crippen LogP contribution in [0.2, 0.25) is 0 Å². The molecule has 0 aliphatic rings. The molecule has 2 aromatic carbocycles. The highest BCUT2D eigenvalue weighted by Crippen LogP contribution is 2.25. The van der Waals surface area contributed by atoms with Crippen molar-refractivity contribution in [3.63, 3.8) is 0 Å². The van der Waals surface area contributed by atoms with Crippen LogP contribution in [0.3, 0.4) is 0 Å². The fourth-order valence-electron chi connectivity index (χ4n) is 2.92. The molecule has 6 nitrogen and oxygen atoms in total. The van der Waals surface area contributed by atoms with Crippen molar-refractivity contribution in [3.05, 3.63) is 63.9 Å². The van der Waals surface area contributed by atoms with Crippen molar-refractivity contribution in [2.75, 3.05) is 19.5 Å². The second-order valence-electron chi connectivity index (χ2n) is 6.33. The molecule has 27 heavy (non-hydrogen) atoms. The summed E-state index contributed by atoms with van der Waals surface area (Å²) in [6, 6.07) is 12.9. The topological polar surface area (TPSA) is 80.4 Å². The highest BCUT2D eigenvalue weighted by molar-refractivity contribution is 5.92. The SMILES string of the molecule is COc1ccc2cc(CCC(=O)Nc3cc(C)ccc3OC)c(=O)[nH]c2c1. The van der Waals surface area contributed by atoms with Gasteiger partial charge in [0, 0.05) is 18.1 Å². The fraction of sp³-hybridized carbons (Fsp3) is 0.238. The van der Waals surface area contributed by atoms with Crippen LogP contribution in [0.1, 0.15) is 17.5 Å². The van der Waals surface area contributed by atoms with Crippen molar-refractivity contribution in [3.8, 4) is 11.5 Å². The lowest BCUT2D eigenvalue weighted by Gasteiger charge is -2.11. The Labute approximate surface area is 157 Å². The Kier molecular flexibility index (Phi) is 5.45. The number of fused-ring (bicyclic) bond motifs is 1. The van der Waals surface area contributed by atoms with E-state index in [1.807, 2.05) is 43.3 Å². The summed E-state index contributed by atoms with van der Waals surface area (Å²) >= 11 is 0. The standard InChI is InChI=1S/C21H22N2O4/c1-13-4-8-19(27-3)18(10-13)22-20(24)9-6-15-11-14-5-7-16(26-2)12-17(14)23-21(15)25/h4-5,7-8,10-12H,6,9H2,1-3H3,(H,22,24)(H,23,25). The first-order chi connectivity index (χ1) is 13.0. The minimum absolute atomic E-state index is 0.173. The van der Waals surface area contributed by atoms with Gasteiger partial charge in [0.25, 0.3) is 5.56 Å². The van der Waals surface area contributed by atoms with Crippen molar-refractivity contribution in [1.29, 1.82) is 0 Å². The van der Waals surface area contributed by atoms with Gasteiger partial charge in [0.1, 0.15) is 11.5 Å². The Morgan fingerprint density at radius 2 is 1.89 bits per heavy atom. The maximum atomic E-state index is 12.3. The molecule has 0 saturated carbocycles. The van der Waals surface area contributed by atoms with Crippen molar-refractivity contribution in [2.45, 2.75) is 19.8 Å². The summed E-state index contributed by atoms with van der Waals surface area (Å²) in [7, 11) is 3.14. The van der Waals surface area contributed by atoms with E-state index >= 15 is 0 Å². The van der Waals surface area contributed by atoms with Crippen LogP contribution in [0.25, 0.3) is 10.9 Å². The Balaban J connectivity index is 1.73. The molecule has 0 aliphatic carbocycles. The second-order valence-corrected chi connectivity index (χ2v) is 6.33. The molecule has 0 spiro atoms. The van der Waals surface area contributed by atoms with Crippen LogP contribution in [0, 0.1) is 6.92 Å². The van der Waals surface area contributed by atoms with E-state index in [0.717, 1.165) is 10.9 Å². The number of pyridine rings is 1. The predicted molar refractivity (Wildman–Crippen MR) is 106 cm³/mol. The van der Waals surface area contributed by atoms with Crippen LogP contribution in [0.4, 0.5) is 5.69 Å². The number of amides is 1. The van der Waals surface area contributed by atoms with Gasteiger partial charge in [0.15, 0.2) is 0 Å². The van der Waals surface area contributed by atoms with E-state index in [-0.39, 0.29) is 17.9 Å². The van der Waals surface area contributed by atoms with E-state index in [1.165, 1.54) is 0 Å². The van der Waals surface area contributed by atoms with Crippen molar-refractivity contribution >= 4 is 22.5 Å². The van der Waals surface area contributed by atoms with Gasteiger partial charge >= 0.3 is 0 Å². The number of aromatic amines is 1. The van der Waals surface area contributed by atoms with Crippen LogP contribution < -0.4 is 20.3 Å². The van der Waals surface area contributed by atoms with E-state index < -0.39 is 0 Å². The molecule has 0 radical (unpaired) electrons. The molecule has 140 valence electrons. The molecule has 0 aliphatic heterocycles. The number of nitrogens with one attached hydrogen (secondary N) is 2. The molecule has 6 heteroatoms. The lowest BCUT2D eigenvalue weighted by atomic mass is 10.1. The van der Waals surface area contributed by atoms with Gasteiger partial charge in [-0.05, 0) is 54.6 Å². The summed E-state index contributed by atoms with van der Waals surface area (Å²) in [5.74, 6) is 1.11. The number of carbonyl (C=O) groups excluding carboxylic acids is 1. The minimum Gasteiger partial charge on any atom is -0.497 e. The van der Waals surface area contributed by atoms with Gasteiger partial charge in [-0.25, -0.2) is 0 Å².